The Kier molecular flexibility index (Phi) is 3.36. The minimum absolute atomic E-state index is 0.166. The Hall–Kier alpha value is -0.750. The molecule has 2 fully saturated rings. The third-order valence-electron chi connectivity index (χ3n) is 3.47. The van der Waals surface area contributed by atoms with Crippen molar-refractivity contribution in [3.63, 3.8) is 0 Å². The number of nitrogens with zero attached hydrogens (tertiary/aromatic N) is 1. The molecule has 102 valence electrons. The molecule has 2 aliphatic rings. The molecule has 2 heterocycles. The number of likely N-dealkylation sites (tertiary alicyclic amines) is 1. The highest BCUT2D eigenvalue weighted by molar-refractivity contribution is 8.01. The summed E-state index contributed by atoms with van der Waals surface area (Å²) >= 11 is 1.71. The van der Waals surface area contributed by atoms with Crippen molar-refractivity contribution in [2.45, 2.75) is 38.1 Å². The van der Waals surface area contributed by atoms with Crippen LogP contribution in [-0.2, 0) is 9.59 Å². The van der Waals surface area contributed by atoms with Crippen LogP contribution in [0, 0.1) is 5.41 Å². The summed E-state index contributed by atoms with van der Waals surface area (Å²) in [7, 11) is 0. The van der Waals surface area contributed by atoms with Crippen LogP contribution in [0.15, 0.2) is 0 Å². The summed E-state index contributed by atoms with van der Waals surface area (Å²) < 4.78 is 0. The summed E-state index contributed by atoms with van der Waals surface area (Å²) in [5.74, 6) is 0.566. The number of hydrogen-bond donors (Lipinski definition) is 2. The van der Waals surface area contributed by atoms with Gasteiger partial charge in [-0.15, -0.1) is 11.8 Å². The van der Waals surface area contributed by atoms with Crippen LogP contribution in [0.4, 0.5) is 0 Å². The largest absolute Gasteiger partial charge is 0.368 e. The molecule has 2 aliphatic heterocycles. The molecule has 0 aromatic carbocycles. The fourth-order valence-electron chi connectivity index (χ4n) is 2.46. The van der Waals surface area contributed by atoms with Gasteiger partial charge in [0.2, 0.25) is 11.8 Å². The van der Waals surface area contributed by atoms with E-state index in [-0.39, 0.29) is 28.1 Å². The molecule has 5 nitrogen and oxygen atoms in total. The standard InChI is InChI=1S/C12H21N3O2S/c1-11(2,3)10(17)15-5-4-12(7-15)14-8(6-18-12)9(13)16/h8,14H,4-7H2,1-3H3,(H2,13,16)/t8-,12?/m0/s1. The van der Waals surface area contributed by atoms with E-state index < -0.39 is 0 Å². The van der Waals surface area contributed by atoms with Gasteiger partial charge in [-0.3, -0.25) is 14.9 Å². The zero-order valence-electron chi connectivity index (χ0n) is 11.2. The Morgan fingerprint density at radius 2 is 2.11 bits per heavy atom. The molecule has 6 heteroatoms. The van der Waals surface area contributed by atoms with Gasteiger partial charge >= 0.3 is 0 Å². The van der Waals surface area contributed by atoms with E-state index in [9.17, 15) is 9.59 Å². The molecule has 0 saturated carbocycles. The van der Waals surface area contributed by atoms with Gasteiger partial charge in [0.25, 0.3) is 0 Å². The van der Waals surface area contributed by atoms with E-state index in [0.717, 1.165) is 13.0 Å². The quantitative estimate of drug-likeness (QED) is 0.712. The first kappa shape index (κ1) is 13.7. The van der Waals surface area contributed by atoms with Gasteiger partial charge < -0.3 is 10.6 Å². The molecule has 3 N–H and O–H groups in total. The maximum atomic E-state index is 12.2. The molecule has 0 radical (unpaired) electrons. The number of carbonyl (C=O) groups excluding carboxylic acids is 2. The Morgan fingerprint density at radius 1 is 1.44 bits per heavy atom. The number of thioether (sulfide) groups is 1. The molecule has 0 bridgehead atoms. The van der Waals surface area contributed by atoms with E-state index in [0.29, 0.717) is 12.3 Å². The first-order valence-corrected chi connectivity index (χ1v) is 7.22. The van der Waals surface area contributed by atoms with Crippen LogP contribution in [0.2, 0.25) is 0 Å². The topological polar surface area (TPSA) is 75.4 Å². The molecular formula is C12H21N3O2S. The van der Waals surface area contributed by atoms with E-state index in [1.807, 2.05) is 25.7 Å². The van der Waals surface area contributed by atoms with Crippen molar-refractivity contribution in [3.8, 4) is 0 Å². The number of nitrogens with two attached hydrogens (primary N) is 1. The zero-order chi connectivity index (χ0) is 13.6. The van der Waals surface area contributed by atoms with Gasteiger partial charge in [0.1, 0.15) is 0 Å². The smallest absolute Gasteiger partial charge is 0.235 e. The first-order valence-electron chi connectivity index (χ1n) is 6.24. The van der Waals surface area contributed by atoms with E-state index in [1.165, 1.54) is 0 Å². The van der Waals surface area contributed by atoms with Gasteiger partial charge in [-0.05, 0) is 6.42 Å². The highest BCUT2D eigenvalue weighted by Gasteiger charge is 2.48. The first-order chi connectivity index (χ1) is 8.23. The van der Waals surface area contributed by atoms with Gasteiger partial charge in [-0.2, -0.15) is 0 Å². The maximum Gasteiger partial charge on any atom is 0.235 e. The Bertz CT molecular complexity index is 380. The zero-order valence-corrected chi connectivity index (χ0v) is 12.0. The second-order valence-electron chi connectivity index (χ2n) is 6.13. The summed E-state index contributed by atoms with van der Waals surface area (Å²) in [6, 6.07) is -0.264. The predicted molar refractivity (Wildman–Crippen MR) is 72.0 cm³/mol. The lowest BCUT2D eigenvalue weighted by molar-refractivity contribution is -0.138. The Labute approximate surface area is 112 Å². The summed E-state index contributed by atoms with van der Waals surface area (Å²) in [4.78, 5) is 25.1. The molecule has 1 unspecified atom stereocenters. The predicted octanol–water partition coefficient (Wildman–Crippen LogP) is 0.151. The molecule has 2 rings (SSSR count). The van der Waals surface area contributed by atoms with Crippen LogP contribution in [0.3, 0.4) is 0 Å². The number of amides is 2. The van der Waals surface area contributed by atoms with Crippen LogP contribution in [-0.4, -0.2) is 46.5 Å². The van der Waals surface area contributed by atoms with Crippen molar-refractivity contribution < 1.29 is 9.59 Å². The highest BCUT2D eigenvalue weighted by Crippen LogP contribution is 2.39. The lowest BCUT2D eigenvalue weighted by atomic mass is 9.95. The lowest BCUT2D eigenvalue weighted by Gasteiger charge is -2.28. The number of hydrogen-bond acceptors (Lipinski definition) is 4. The Balaban J connectivity index is 2.01. The third kappa shape index (κ3) is 2.49. The van der Waals surface area contributed by atoms with E-state index in [1.54, 1.807) is 11.8 Å². The second kappa shape index (κ2) is 4.42. The van der Waals surface area contributed by atoms with E-state index in [4.69, 9.17) is 5.73 Å². The molecule has 18 heavy (non-hydrogen) atoms. The fraction of sp³-hybridized carbons (Fsp3) is 0.833. The summed E-state index contributed by atoms with van der Waals surface area (Å²) in [6.07, 6.45) is 0.878. The minimum atomic E-state index is -0.349. The van der Waals surface area contributed by atoms with Crippen molar-refractivity contribution in [2.75, 3.05) is 18.8 Å². The van der Waals surface area contributed by atoms with Crippen LogP contribution in [0.5, 0.6) is 0 Å². The monoisotopic (exact) mass is 271 g/mol. The lowest BCUT2D eigenvalue weighted by Crippen LogP contribution is -2.49. The van der Waals surface area contributed by atoms with Gasteiger partial charge in [0.15, 0.2) is 0 Å². The molecular weight excluding hydrogens is 250 g/mol. The summed E-state index contributed by atoms with van der Waals surface area (Å²) in [5, 5.41) is 3.30. The minimum Gasteiger partial charge on any atom is -0.368 e. The highest BCUT2D eigenvalue weighted by atomic mass is 32.2. The molecule has 2 saturated heterocycles. The van der Waals surface area contributed by atoms with E-state index >= 15 is 0 Å². The summed E-state index contributed by atoms with van der Waals surface area (Å²) in [5.41, 5.74) is 4.97. The van der Waals surface area contributed by atoms with Crippen molar-refractivity contribution in [1.29, 1.82) is 0 Å². The molecule has 1 spiro atoms. The van der Waals surface area contributed by atoms with Crippen molar-refractivity contribution >= 4 is 23.6 Å². The molecule has 0 aromatic rings. The number of carbonyl (C=O) groups is 2. The number of nitrogens with one attached hydrogen (secondary N) is 1. The molecule has 2 atom stereocenters. The van der Waals surface area contributed by atoms with Gasteiger partial charge in [-0.25, -0.2) is 0 Å². The van der Waals surface area contributed by atoms with Crippen LogP contribution < -0.4 is 11.1 Å². The van der Waals surface area contributed by atoms with Gasteiger partial charge in [0.05, 0.1) is 10.9 Å². The molecule has 0 aliphatic carbocycles. The average molecular weight is 271 g/mol. The number of primary amides is 1. The second-order valence-corrected chi connectivity index (χ2v) is 7.53. The van der Waals surface area contributed by atoms with Crippen LogP contribution in [0.25, 0.3) is 0 Å². The van der Waals surface area contributed by atoms with Crippen molar-refractivity contribution in [1.82, 2.24) is 10.2 Å². The van der Waals surface area contributed by atoms with Gasteiger partial charge in [-0.1, -0.05) is 20.8 Å². The average Bonchev–Trinajstić information content (AvgIpc) is 2.85. The Morgan fingerprint density at radius 3 is 2.61 bits per heavy atom. The fourth-order valence-corrected chi connectivity index (χ4v) is 3.90. The van der Waals surface area contributed by atoms with Crippen LogP contribution >= 0.6 is 11.8 Å². The normalized spacial score (nSPS) is 32.2. The summed E-state index contributed by atoms with van der Waals surface area (Å²) in [6.45, 7) is 7.21. The molecule has 0 aromatic heterocycles. The SMILES string of the molecule is CC(C)(C)C(=O)N1CCC2(C1)N[C@H](C(N)=O)CS2. The van der Waals surface area contributed by atoms with E-state index in [2.05, 4.69) is 5.32 Å². The maximum absolute atomic E-state index is 12.2. The van der Waals surface area contributed by atoms with Crippen molar-refractivity contribution in [3.05, 3.63) is 0 Å². The third-order valence-corrected chi connectivity index (χ3v) is 4.97. The van der Waals surface area contributed by atoms with Crippen LogP contribution in [0.1, 0.15) is 27.2 Å². The van der Waals surface area contributed by atoms with Crippen molar-refractivity contribution in [2.24, 2.45) is 11.1 Å². The molecule has 2 amide bonds. The number of rotatable bonds is 1. The van der Waals surface area contributed by atoms with Gasteiger partial charge in [0, 0.05) is 24.3 Å².